The van der Waals surface area contributed by atoms with Crippen LogP contribution in [0.15, 0.2) is 11.8 Å². The van der Waals surface area contributed by atoms with Crippen molar-refractivity contribution in [3.63, 3.8) is 0 Å². The number of carbonyl (C=O) groups is 1. The molecule has 6 nitrogen and oxygen atoms in total. The minimum absolute atomic E-state index is 0.0380. The van der Waals surface area contributed by atoms with Crippen LogP contribution < -0.4 is 5.32 Å². The fraction of sp³-hybridized carbons (Fsp3) is 0.733. The molecule has 0 radical (unpaired) electrons. The predicted molar refractivity (Wildman–Crippen MR) is 79.7 cm³/mol. The minimum Gasteiger partial charge on any atom is -0.394 e. The highest BCUT2D eigenvalue weighted by Crippen LogP contribution is 2.47. The number of likely N-dealkylation sites (tertiary alicyclic amines) is 2. The first-order chi connectivity index (χ1) is 10.0. The van der Waals surface area contributed by atoms with Crippen molar-refractivity contribution in [2.45, 2.75) is 56.3 Å². The number of hydrogen-bond donors (Lipinski definition) is 3. The Hall–Kier alpha value is -1.56. The third-order valence-corrected chi connectivity index (χ3v) is 5.23. The normalized spacial score (nSPS) is 35.8. The van der Waals surface area contributed by atoms with E-state index >= 15 is 0 Å². The van der Waals surface area contributed by atoms with Crippen LogP contribution in [-0.4, -0.2) is 58.6 Å². The van der Waals surface area contributed by atoms with E-state index in [-0.39, 0.29) is 11.9 Å². The summed E-state index contributed by atoms with van der Waals surface area (Å²) in [6, 6.07) is 0.272. The lowest BCUT2D eigenvalue weighted by Gasteiger charge is -2.42. The Labute approximate surface area is 125 Å². The fourth-order valence-electron chi connectivity index (χ4n) is 4.22. The second kappa shape index (κ2) is 5.02. The maximum atomic E-state index is 12.1. The number of carbonyl (C=O) groups excluding carboxylic acids is 1. The summed E-state index contributed by atoms with van der Waals surface area (Å²) in [4.78, 5) is 15.6. The fourth-order valence-corrected chi connectivity index (χ4v) is 4.22. The van der Waals surface area contributed by atoms with E-state index in [2.05, 4.69) is 10.2 Å². The highest BCUT2D eigenvalue weighted by atomic mass is 16.3. The minimum atomic E-state index is -0.839. The van der Waals surface area contributed by atoms with Crippen molar-refractivity contribution in [3.05, 3.63) is 11.8 Å². The van der Waals surface area contributed by atoms with Crippen molar-refractivity contribution >= 4 is 11.7 Å². The lowest BCUT2D eigenvalue weighted by Crippen LogP contribution is -2.56. The molecule has 2 atom stereocenters. The van der Waals surface area contributed by atoms with Gasteiger partial charge in [-0.25, -0.2) is 0 Å². The van der Waals surface area contributed by atoms with Crippen LogP contribution in [0.25, 0.3) is 0 Å². The Kier molecular flexibility index (Phi) is 3.43. The number of aliphatic hydroxyl groups excluding tert-OH is 1. The molecule has 3 fully saturated rings. The van der Waals surface area contributed by atoms with Gasteiger partial charge in [0.1, 0.15) is 5.84 Å². The van der Waals surface area contributed by atoms with Gasteiger partial charge in [0.05, 0.1) is 12.0 Å². The number of amides is 1. The van der Waals surface area contributed by atoms with Crippen molar-refractivity contribution in [1.29, 1.82) is 5.41 Å². The van der Waals surface area contributed by atoms with Gasteiger partial charge in [-0.3, -0.25) is 10.2 Å². The van der Waals surface area contributed by atoms with E-state index < -0.39 is 11.8 Å². The zero-order chi connectivity index (χ0) is 15.2. The Morgan fingerprint density at radius 2 is 2.05 bits per heavy atom. The molecule has 1 aliphatic carbocycles. The zero-order valence-corrected chi connectivity index (χ0v) is 12.7. The van der Waals surface area contributed by atoms with Gasteiger partial charge in [-0.05, 0) is 12.8 Å². The maximum Gasteiger partial charge on any atom is 0.226 e. The number of likely N-dealkylation sites (N-methyl/N-ethyl adjacent to an activating group) is 1. The highest BCUT2D eigenvalue weighted by molar-refractivity contribution is 6.01. The quantitative estimate of drug-likeness (QED) is 0.697. The summed E-state index contributed by atoms with van der Waals surface area (Å²) in [5, 5.41) is 22.2. The van der Waals surface area contributed by atoms with Gasteiger partial charge < -0.3 is 20.2 Å². The number of hydrogen-bond acceptors (Lipinski definition) is 4. The van der Waals surface area contributed by atoms with E-state index in [0.29, 0.717) is 18.7 Å². The number of rotatable bonds is 2. The molecule has 0 aromatic carbocycles. The van der Waals surface area contributed by atoms with Crippen molar-refractivity contribution in [3.8, 4) is 0 Å². The summed E-state index contributed by atoms with van der Waals surface area (Å²) in [5.74, 6) is 0.433. The second-order valence-corrected chi connectivity index (χ2v) is 6.45. The molecule has 3 N–H and O–H groups in total. The molecule has 21 heavy (non-hydrogen) atoms. The molecule has 2 saturated heterocycles. The molecule has 3 rings (SSSR count). The lowest BCUT2D eigenvalue weighted by atomic mass is 9.90. The average molecular weight is 292 g/mol. The van der Waals surface area contributed by atoms with E-state index in [1.54, 1.807) is 7.05 Å². The lowest BCUT2D eigenvalue weighted by molar-refractivity contribution is -0.131. The van der Waals surface area contributed by atoms with Gasteiger partial charge in [0, 0.05) is 38.3 Å². The zero-order valence-electron chi connectivity index (χ0n) is 12.7. The summed E-state index contributed by atoms with van der Waals surface area (Å²) in [6.45, 7) is 0. The predicted octanol–water partition coefficient (Wildman–Crippen LogP) is 0.635. The monoisotopic (exact) mass is 292 g/mol. The molecule has 3 aliphatic rings. The van der Waals surface area contributed by atoms with Gasteiger partial charge in [-0.15, -0.1) is 0 Å². The average Bonchev–Trinajstić information content (AvgIpc) is 3.10. The van der Waals surface area contributed by atoms with E-state index in [1.807, 2.05) is 13.2 Å². The van der Waals surface area contributed by atoms with E-state index in [4.69, 9.17) is 5.41 Å². The van der Waals surface area contributed by atoms with Crippen LogP contribution in [0.5, 0.6) is 0 Å². The topological polar surface area (TPSA) is 79.7 Å². The standard InChI is InChI=1S/C15H24N4O2/c1-17-9-10-7-15(8-12(20)18(2)14(15)21)19(13(10)16)11-5-3-4-6-11/h9,11,14,16-17,21H,3-8H2,1-2H3/b10-9-,16-13?. The molecule has 2 unspecified atom stereocenters. The first kappa shape index (κ1) is 14.4. The molecule has 0 bridgehead atoms. The molecule has 116 valence electrons. The first-order valence-electron chi connectivity index (χ1n) is 7.69. The molecule has 2 aliphatic heterocycles. The molecular weight excluding hydrogens is 268 g/mol. The number of aliphatic hydroxyl groups is 1. The van der Waals surface area contributed by atoms with Crippen molar-refractivity contribution in [1.82, 2.24) is 15.1 Å². The van der Waals surface area contributed by atoms with Gasteiger partial charge in [-0.1, -0.05) is 12.8 Å². The maximum absolute atomic E-state index is 12.1. The molecule has 6 heteroatoms. The van der Waals surface area contributed by atoms with Crippen LogP contribution in [0, 0.1) is 5.41 Å². The summed E-state index contributed by atoms with van der Waals surface area (Å²) in [6.07, 6.45) is 6.25. The van der Waals surface area contributed by atoms with Crippen molar-refractivity contribution in [2.24, 2.45) is 0 Å². The van der Waals surface area contributed by atoms with Crippen molar-refractivity contribution < 1.29 is 9.90 Å². The number of nitrogens with zero attached hydrogens (tertiary/aromatic N) is 2. The third-order valence-electron chi connectivity index (χ3n) is 5.23. The Balaban J connectivity index is 2.02. The summed E-state index contributed by atoms with van der Waals surface area (Å²) >= 11 is 0. The number of amidine groups is 1. The third kappa shape index (κ3) is 1.96. The van der Waals surface area contributed by atoms with Crippen LogP contribution in [0.4, 0.5) is 0 Å². The molecule has 1 spiro atoms. The molecule has 1 saturated carbocycles. The SMILES string of the molecule is CN/C=C1/CC2(CC(=O)N(C)C2O)N(C2CCCC2)C1=N. The van der Waals surface area contributed by atoms with Crippen LogP contribution in [0.3, 0.4) is 0 Å². The van der Waals surface area contributed by atoms with Gasteiger partial charge in [0.25, 0.3) is 0 Å². The van der Waals surface area contributed by atoms with E-state index in [1.165, 1.54) is 4.90 Å². The van der Waals surface area contributed by atoms with Crippen LogP contribution in [0.2, 0.25) is 0 Å². The summed E-state index contributed by atoms with van der Waals surface area (Å²) in [7, 11) is 3.46. The number of nitrogens with one attached hydrogen (secondary N) is 2. The largest absolute Gasteiger partial charge is 0.394 e. The van der Waals surface area contributed by atoms with Crippen molar-refractivity contribution in [2.75, 3.05) is 14.1 Å². The van der Waals surface area contributed by atoms with Crippen LogP contribution >= 0.6 is 0 Å². The van der Waals surface area contributed by atoms with Gasteiger partial charge >= 0.3 is 0 Å². The second-order valence-electron chi connectivity index (χ2n) is 6.45. The van der Waals surface area contributed by atoms with E-state index in [0.717, 1.165) is 31.3 Å². The Morgan fingerprint density at radius 3 is 2.57 bits per heavy atom. The molecule has 0 aromatic rings. The van der Waals surface area contributed by atoms with Crippen LogP contribution in [0.1, 0.15) is 38.5 Å². The van der Waals surface area contributed by atoms with Gasteiger partial charge in [0.2, 0.25) is 5.91 Å². The van der Waals surface area contributed by atoms with Crippen LogP contribution in [-0.2, 0) is 4.79 Å². The van der Waals surface area contributed by atoms with Gasteiger partial charge in [0.15, 0.2) is 6.23 Å². The summed E-state index contributed by atoms with van der Waals surface area (Å²) < 4.78 is 0. The Morgan fingerprint density at radius 1 is 1.38 bits per heavy atom. The van der Waals surface area contributed by atoms with Gasteiger partial charge in [-0.2, -0.15) is 0 Å². The van der Waals surface area contributed by atoms with E-state index in [9.17, 15) is 9.90 Å². The summed E-state index contributed by atoms with van der Waals surface area (Å²) in [5.41, 5.74) is 0.229. The molecular formula is C15H24N4O2. The molecule has 2 heterocycles. The molecule has 0 aromatic heterocycles. The highest BCUT2D eigenvalue weighted by Gasteiger charge is 2.60. The molecule has 1 amide bonds. The Bertz CT molecular complexity index is 498. The smallest absolute Gasteiger partial charge is 0.226 e. The first-order valence-corrected chi connectivity index (χ1v) is 7.69.